The average molecular weight is 433 g/mol. The summed E-state index contributed by atoms with van der Waals surface area (Å²) in [6.45, 7) is 6.86. The number of benzene rings is 1. The lowest BCUT2D eigenvalue weighted by Gasteiger charge is -2.25. The minimum Gasteiger partial charge on any atom is -0.357 e. The van der Waals surface area contributed by atoms with Crippen molar-refractivity contribution in [3.63, 3.8) is 0 Å². The summed E-state index contributed by atoms with van der Waals surface area (Å²) < 4.78 is 3.13. The Bertz CT molecular complexity index is 756. The Morgan fingerprint density at radius 2 is 2.30 bits per heavy atom. The van der Waals surface area contributed by atoms with Gasteiger partial charge in [0, 0.05) is 30.0 Å². The number of aryl methyl sites for hydroxylation is 1. The van der Waals surface area contributed by atoms with Gasteiger partial charge < -0.3 is 10.6 Å². The van der Waals surface area contributed by atoms with Gasteiger partial charge in [0.25, 0.3) is 0 Å². The Kier molecular flexibility index (Phi) is 7.26. The summed E-state index contributed by atoms with van der Waals surface area (Å²) in [5.74, 6) is 2.51. The highest BCUT2D eigenvalue weighted by molar-refractivity contribution is 9.10. The van der Waals surface area contributed by atoms with Gasteiger partial charge in [0.05, 0.1) is 6.54 Å². The Labute approximate surface area is 170 Å². The fraction of sp³-hybridized carbons (Fsp3) is 0.550. The van der Waals surface area contributed by atoms with Crippen molar-refractivity contribution in [2.24, 2.45) is 10.9 Å². The van der Waals surface area contributed by atoms with Crippen LogP contribution >= 0.6 is 15.9 Å². The molecule has 0 saturated carbocycles. The molecule has 2 N–H and O–H groups in total. The van der Waals surface area contributed by atoms with E-state index >= 15 is 0 Å². The summed E-state index contributed by atoms with van der Waals surface area (Å²) in [4.78, 5) is 9.18. The average Bonchev–Trinajstić information content (AvgIpc) is 3.13. The van der Waals surface area contributed by atoms with E-state index in [1.165, 1.54) is 5.56 Å². The van der Waals surface area contributed by atoms with Gasteiger partial charge >= 0.3 is 0 Å². The largest absolute Gasteiger partial charge is 0.357 e. The molecule has 0 aliphatic carbocycles. The van der Waals surface area contributed by atoms with Gasteiger partial charge in [-0.3, -0.25) is 4.99 Å². The van der Waals surface area contributed by atoms with E-state index in [0.29, 0.717) is 12.0 Å². The van der Waals surface area contributed by atoms with Crippen LogP contribution in [0.2, 0.25) is 0 Å². The smallest absolute Gasteiger partial charge is 0.191 e. The predicted molar refractivity (Wildman–Crippen MR) is 113 cm³/mol. The van der Waals surface area contributed by atoms with Crippen LogP contribution in [0.4, 0.5) is 0 Å². The van der Waals surface area contributed by atoms with Gasteiger partial charge in [0.1, 0.15) is 12.2 Å². The molecule has 2 aromatic rings. The molecule has 1 aliphatic rings. The molecule has 2 heterocycles. The maximum Gasteiger partial charge on any atom is 0.191 e. The Morgan fingerprint density at radius 1 is 1.41 bits per heavy atom. The van der Waals surface area contributed by atoms with Crippen molar-refractivity contribution in [1.29, 1.82) is 0 Å². The summed E-state index contributed by atoms with van der Waals surface area (Å²) in [5.41, 5.74) is 1.36. The zero-order valence-corrected chi connectivity index (χ0v) is 17.7. The number of hydrogen-bond acceptors (Lipinski definition) is 3. The molecular weight excluding hydrogens is 404 g/mol. The Balaban J connectivity index is 1.58. The van der Waals surface area contributed by atoms with Gasteiger partial charge in [-0.25, -0.2) is 9.67 Å². The maximum absolute atomic E-state index is 4.88. The molecule has 0 spiro atoms. The third kappa shape index (κ3) is 5.79. The Hall–Kier alpha value is -1.89. The van der Waals surface area contributed by atoms with Crippen LogP contribution in [0.25, 0.3) is 0 Å². The molecule has 7 heteroatoms. The molecule has 1 aromatic heterocycles. The molecule has 2 unspecified atom stereocenters. The third-order valence-corrected chi connectivity index (χ3v) is 5.48. The summed E-state index contributed by atoms with van der Waals surface area (Å²) in [7, 11) is 0. The number of aliphatic imine (C=N–C) groups is 1. The second-order valence-corrected chi connectivity index (χ2v) is 7.98. The van der Waals surface area contributed by atoms with E-state index in [1.54, 1.807) is 6.33 Å². The van der Waals surface area contributed by atoms with E-state index in [4.69, 9.17) is 4.99 Å². The minimum atomic E-state index is 0.335. The van der Waals surface area contributed by atoms with Crippen molar-refractivity contribution in [3.05, 3.63) is 46.5 Å². The first-order valence-electron chi connectivity index (χ1n) is 9.83. The van der Waals surface area contributed by atoms with Gasteiger partial charge in [0.2, 0.25) is 0 Å². The minimum absolute atomic E-state index is 0.335. The standard InChI is InChI=1S/C20H29BrN6/c1-3-15(10-16-6-5-7-17(21)11-16)12-23-20(22-4-2)26-18-8-9-19-24-14-25-27(19)13-18/h5-7,11,14-15,18H,3-4,8-10,12-13H2,1-2H3,(H2,22,23,26). The second-order valence-electron chi connectivity index (χ2n) is 7.07. The zero-order chi connectivity index (χ0) is 19.1. The molecule has 1 aliphatic heterocycles. The van der Waals surface area contributed by atoms with Crippen molar-refractivity contribution in [2.45, 2.75) is 52.1 Å². The lowest BCUT2D eigenvalue weighted by atomic mass is 9.97. The highest BCUT2D eigenvalue weighted by Gasteiger charge is 2.20. The monoisotopic (exact) mass is 432 g/mol. The molecule has 1 aromatic carbocycles. The topological polar surface area (TPSA) is 67.1 Å². The number of halogens is 1. The van der Waals surface area contributed by atoms with Crippen LogP contribution in [-0.4, -0.2) is 39.9 Å². The lowest BCUT2D eigenvalue weighted by Crippen LogP contribution is -2.47. The van der Waals surface area contributed by atoms with Crippen LogP contribution in [0.15, 0.2) is 40.1 Å². The maximum atomic E-state index is 4.88. The van der Waals surface area contributed by atoms with Crippen molar-refractivity contribution in [3.8, 4) is 0 Å². The number of aromatic nitrogens is 3. The molecule has 0 fully saturated rings. The highest BCUT2D eigenvalue weighted by Crippen LogP contribution is 2.17. The molecule has 27 heavy (non-hydrogen) atoms. The predicted octanol–water partition coefficient (Wildman–Crippen LogP) is 3.18. The molecule has 0 radical (unpaired) electrons. The molecule has 3 rings (SSSR count). The fourth-order valence-corrected chi connectivity index (χ4v) is 3.87. The van der Waals surface area contributed by atoms with E-state index in [0.717, 1.165) is 61.6 Å². The van der Waals surface area contributed by atoms with E-state index in [2.05, 4.69) is 74.8 Å². The first-order valence-corrected chi connectivity index (χ1v) is 10.6. The quantitative estimate of drug-likeness (QED) is 0.520. The number of guanidine groups is 1. The number of hydrogen-bond donors (Lipinski definition) is 2. The summed E-state index contributed by atoms with van der Waals surface area (Å²) in [6, 6.07) is 8.90. The van der Waals surface area contributed by atoms with Crippen LogP contribution in [0.3, 0.4) is 0 Å². The van der Waals surface area contributed by atoms with Crippen LogP contribution in [0, 0.1) is 5.92 Å². The first kappa shape index (κ1) is 19.9. The van der Waals surface area contributed by atoms with Crippen LogP contribution in [0.5, 0.6) is 0 Å². The fourth-order valence-electron chi connectivity index (χ4n) is 3.42. The number of nitrogens with one attached hydrogen (secondary N) is 2. The number of fused-ring (bicyclic) bond motifs is 1. The van der Waals surface area contributed by atoms with Gasteiger partial charge in [0.15, 0.2) is 5.96 Å². The van der Waals surface area contributed by atoms with Crippen LogP contribution < -0.4 is 10.6 Å². The zero-order valence-electron chi connectivity index (χ0n) is 16.2. The highest BCUT2D eigenvalue weighted by atomic mass is 79.9. The third-order valence-electron chi connectivity index (χ3n) is 4.99. The van der Waals surface area contributed by atoms with E-state index < -0.39 is 0 Å². The van der Waals surface area contributed by atoms with Crippen molar-refractivity contribution in [1.82, 2.24) is 25.4 Å². The van der Waals surface area contributed by atoms with Gasteiger partial charge in [-0.15, -0.1) is 0 Å². The van der Waals surface area contributed by atoms with Gasteiger partial charge in [-0.1, -0.05) is 41.4 Å². The lowest BCUT2D eigenvalue weighted by molar-refractivity contribution is 0.392. The molecule has 0 saturated heterocycles. The molecule has 146 valence electrons. The molecule has 6 nitrogen and oxygen atoms in total. The molecule has 2 atom stereocenters. The summed E-state index contributed by atoms with van der Waals surface area (Å²) in [6.07, 6.45) is 5.81. The second kappa shape index (κ2) is 9.88. The van der Waals surface area contributed by atoms with Gasteiger partial charge in [-0.05, 0) is 43.4 Å². The molecule has 0 bridgehead atoms. The van der Waals surface area contributed by atoms with Crippen LogP contribution in [-0.2, 0) is 19.4 Å². The summed E-state index contributed by atoms with van der Waals surface area (Å²) >= 11 is 3.56. The van der Waals surface area contributed by atoms with E-state index in [9.17, 15) is 0 Å². The van der Waals surface area contributed by atoms with E-state index in [-0.39, 0.29) is 0 Å². The van der Waals surface area contributed by atoms with Gasteiger partial charge in [-0.2, -0.15) is 5.10 Å². The SMILES string of the molecule is CCNC(=NCC(CC)Cc1cccc(Br)c1)NC1CCc2ncnn2C1. The first-order chi connectivity index (χ1) is 13.2. The summed E-state index contributed by atoms with van der Waals surface area (Å²) in [5, 5.41) is 11.3. The molecule has 0 amide bonds. The van der Waals surface area contributed by atoms with Crippen molar-refractivity contribution in [2.75, 3.05) is 13.1 Å². The number of nitrogens with zero attached hydrogens (tertiary/aromatic N) is 4. The van der Waals surface area contributed by atoms with Crippen molar-refractivity contribution < 1.29 is 0 Å². The van der Waals surface area contributed by atoms with Crippen LogP contribution in [0.1, 0.15) is 38.1 Å². The Morgan fingerprint density at radius 3 is 3.07 bits per heavy atom. The van der Waals surface area contributed by atoms with E-state index in [1.807, 2.05) is 4.68 Å². The molecular formula is C20H29BrN6. The normalized spacial score (nSPS) is 18.0. The van der Waals surface area contributed by atoms with Crippen molar-refractivity contribution >= 4 is 21.9 Å². The number of rotatable bonds is 7.